The summed E-state index contributed by atoms with van der Waals surface area (Å²) in [6.45, 7) is 2.47. The van der Waals surface area contributed by atoms with E-state index in [0.29, 0.717) is 30.6 Å². The zero-order valence-corrected chi connectivity index (χ0v) is 15.2. The van der Waals surface area contributed by atoms with Gasteiger partial charge in [-0.25, -0.2) is 0 Å². The smallest absolute Gasteiger partial charge is 0.274 e. The Morgan fingerprint density at radius 1 is 1.31 bits per heavy atom. The number of H-pyrrole nitrogens is 1. The summed E-state index contributed by atoms with van der Waals surface area (Å²) in [5, 5.41) is 7.04. The largest absolute Gasteiger partial charge is 0.497 e. The van der Waals surface area contributed by atoms with Crippen molar-refractivity contribution in [3.8, 4) is 11.5 Å². The van der Waals surface area contributed by atoms with E-state index < -0.39 is 0 Å². The molecule has 3 rings (SSSR count). The van der Waals surface area contributed by atoms with Gasteiger partial charge in [0.05, 0.1) is 19.4 Å². The van der Waals surface area contributed by atoms with E-state index in [-0.39, 0.29) is 5.91 Å². The molecule has 0 aliphatic carbocycles. The van der Waals surface area contributed by atoms with Crippen LogP contribution in [0.5, 0.6) is 11.5 Å². The summed E-state index contributed by atoms with van der Waals surface area (Å²) in [5.74, 6) is 1.78. The number of amides is 1. The molecular formula is C19H25N3O4. The highest BCUT2D eigenvalue weighted by atomic mass is 16.5. The minimum atomic E-state index is -0.0466. The zero-order chi connectivity index (χ0) is 18.4. The van der Waals surface area contributed by atoms with Crippen molar-refractivity contribution in [1.82, 2.24) is 15.1 Å². The van der Waals surface area contributed by atoms with Gasteiger partial charge in [-0.3, -0.25) is 9.89 Å². The summed E-state index contributed by atoms with van der Waals surface area (Å²) in [6, 6.07) is 9.14. The maximum atomic E-state index is 12.7. The Hall–Kier alpha value is -2.54. The number of hydrogen-bond donors (Lipinski definition) is 1. The van der Waals surface area contributed by atoms with E-state index in [1.54, 1.807) is 20.3 Å². The van der Waals surface area contributed by atoms with E-state index in [2.05, 4.69) is 10.2 Å². The van der Waals surface area contributed by atoms with Crippen LogP contribution in [0.1, 0.15) is 29.0 Å². The second kappa shape index (κ2) is 8.71. The van der Waals surface area contributed by atoms with Gasteiger partial charge in [0.1, 0.15) is 18.1 Å². The standard InChI is InChI=1S/C19H25N3O4/c1-24-12-14-5-4-8-22(11-14)19(23)18-9-15(20-21-18)13-26-17-7-3-6-16(10-17)25-2/h3,6-7,9-10,14H,4-5,8,11-13H2,1-2H3,(H,20,21)/t14-/m1/s1. The minimum absolute atomic E-state index is 0.0466. The molecule has 1 N–H and O–H groups in total. The van der Waals surface area contributed by atoms with Crippen molar-refractivity contribution < 1.29 is 19.0 Å². The van der Waals surface area contributed by atoms with E-state index in [1.807, 2.05) is 29.2 Å². The lowest BCUT2D eigenvalue weighted by atomic mass is 9.99. The van der Waals surface area contributed by atoms with Gasteiger partial charge in [-0.15, -0.1) is 0 Å². The first-order valence-corrected chi connectivity index (χ1v) is 8.79. The third-order valence-electron chi connectivity index (χ3n) is 4.49. The lowest BCUT2D eigenvalue weighted by molar-refractivity contribution is 0.0565. The molecule has 0 saturated carbocycles. The number of benzene rings is 1. The Morgan fingerprint density at radius 3 is 2.96 bits per heavy atom. The second-order valence-electron chi connectivity index (χ2n) is 6.46. The molecule has 0 spiro atoms. The van der Waals surface area contributed by atoms with Crippen LogP contribution in [0.25, 0.3) is 0 Å². The fourth-order valence-electron chi connectivity index (χ4n) is 3.18. The number of nitrogens with zero attached hydrogens (tertiary/aromatic N) is 2. The lowest BCUT2D eigenvalue weighted by Crippen LogP contribution is -2.41. The molecule has 1 fully saturated rings. The lowest BCUT2D eigenvalue weighted by Gasteiger charge is -2.31. The number of nitrogens with one attached hydrogen (secondary N) is 1. The van der Waals surface area contributed by atoms with Crippen molar-refractivity contribution in [1.29, 1.82) is 0 Å². The fraction of sp³-hybridized carbons (Fsp3) is 0.474. The van der Waals surface area contributed by atoms with E-state index in [0.717, 1.165) is 37.4 Å². The Kier molecular flexibility index (Phi) is 6.12. The molecule has 26 heavy (non-hydrogen) atoms. The number of methoxy groups -OCH3 is 2. The summed E-state index contributed by atoms with van der Waals surface area (Å²) < 4.78 is 16.1. The van der Waals surface area contributed by atoms with E-state index in [9.17, 15) is 4.79 Å². The van der Waals surface area contributed by atoms with Crippen LogP contribution in [0, 0.1) is 5.92 Å². The van der Waals surface area contributed by atoms with Gasteiger partial charge in [-0.05, 0) is 37.0 Å². The molecule has 0 radical (unpaired) electrons. The van der Waals surface area contributed by atoms with Gasteiger partial charge in [0, 0.05) is 26.3 Å². The number of hydrogen-bond acceptors (Lipinski definition) is 5. The van der Waals surface area contributed by atoms with Gasteiger partial charge in [-0.1, -0.05) is 6.07 Å². The molecule has 0 bridgehead atoms. The van der Waals surface area contributed by atoms with Crippen LogP contribution >= 0.6 is 0 Å². The van der Waals surface area contributed by atoms with Crippen molar-refractivity contribution >= 4 is 5.91 Å². The third-order valence-corrected chi connectivity index (χ3v) is 4.49. The second-order valence-corrected chi connectivity index (χ2v) is 6.46. The Balaban J connectivity index is 1.57. The van der Waals surface area contributed by atoms with E-state index >= 15 is 0 Å². The van der Waals surface area contributed by atoms with E-state index in [4.69, 9.17) is 14.2 Å². The van der Waals surface area contributed by atoms with Crippen LogP contribution in [0.2, 0.25) is 0 Å². The van der Waals surface area contributed by atoms with Crippen molar-refractivity contribution in [2.75, 3.05) is 33.9 Å². The molecule has 0 unspecified atom stereocenters. The molecule has 1 aromatic carbocycles. The number of aromatic nitrogens is 2. The van der Waals surface area contributed by atoms with E-state index in [1.165, 1.54) is 0 Å². The van der Waals surface area contributed by atoms with Gasteiger partial charge >= 0.3 is 0 Å². The average molecular weight is 359 g/mol. The maximum Gasteiger partial charge on any atom is 0.274 e. The topological polar surface area (TPSA) is 76.7 Å². The number of ether oxygens (including phenoxy) is 3. The maximum absolute atomic E-state index is 12.7. The molecular weight excluding hydrogens is 334 g/mol. The average Bonchev–Trinajstić information content (AvgIpc) is 3.15. The van der Waals surface area contributed by atoms with Crippen LogP contribution < -0.4 is 9.47 Å². The monoisotopic (exact) mass is 359 g/mol. The highest BCUT2D eigenvalue weighted by molar-refractivity contribution is 5.92. The summed E-state index contributed by atoms with van der Waals surface area (Å²) in [4.78, 5) is 14.5. The van der Waals surface area contributed by atoms with Gasteiger partial charge in [0.25, 0.3) is 5.91 Å². The van der Waals surface area contributed by atoms with Crippen LogP contribution in [0.4, 0.5) is 0 Å². The number of carbonyl (C=O) groups excluding carboxylic acids is 1. The fourth-order valence-corrected chi connectivity index (χ4v) is 3.18. The van der Waals surface area contributed by atoms with Gasteiger partial charge in [0.2, 0.25) is 0 Å². The predicted molar refractivity (Wildman–Crippen MR) is 96.4 cm³/mol. The SMILES string of the molecule is COC[C@@H]1CCCN(C(=O)c2cc(COc3cccc(OC)c3)[nH]n2)C1. The molecule has 2 aromatic rings. The van der Waals surface area contributed by atoms with Crippen LogP contribution in [-0.4, -0.2) is 54.9 Å². The summed E-state index contributed by atoms with van der Waals surface area (Å²) in [7, 11) is 3.31. The molecule has 1 amide bonds. The Labute approximate surface area is 153 Å². The summed E-state index contributed by atoms with van der Waals surface area (Å²) >= 11 is 0. The zero-order valence-electron chi connectivity index (χ0n) is 15.2. The summed E-state index contributed by atoms with van der Waals surface area (Å²) in [6.07, 6.45) is 2.09. The van der Waals surface area contributed by atoms with Crippen LogP contribution in [0.15, 0.2) is 30.3 Å². The molecule has 7 heteroatoms. The Morgan fingerprint density at radius 2 is 2.15 bits per heavy atom. The van der Waals surface area contributed by atoms with Crippen molar-refractivity contribution in [3.63, 3.8) is 0 Å². The number of piperidine rings is 1. The van der Waals surface area contributed by atoms with Crippen molar-refractivity contribution in [3.05, 3.63) is 41.7 Å². The summed E-state index contributed by atoms with van der Waals surface area (Å²) in [5.41, 5.74) is 1.17. The number of likely N-dealkylation sites (tertiary alicyclic amines) is 1. The number of carbonyl (C=O) groups is 1. The molecule has 1 saturated heterocycles. The van der Waals surface area contributed by atoms with Crippen molar-refractivity contribution in [2.45, 2.75) is 19.4 Å². The first-order chi connectivity index (χ1) is 12.7. The molecule has 1 aliphatic rings. The number of rotatable bonds is 7. The first-order valence-electron chi connectivity index (χ1n) is 8.79. The van der Waals surface area contributed by atoms with Crippen LogP contribution in [-0.2, 0) is 11.3 Å². The molecule has 1 aliphatic heterocycles. The van der Waals surface area contributed by atoms with Crippen molar-refractivity contribution in [2.24, 2.45) is 5.92 Å². The first kappa shape index (κ1) is 18.3. The Bertz CT molecular complexity index is 729. The minimum Gasteiger partial charge on any atom is -0.497 e. The molecule has 2 heterocycles. The molecule has 140 valence electrons. The molecule has 1 aromatic heterocycles. The normalized spacial score (nSPS) is 17.2. The van der Waals surface area contributed by atoms with Gasteiger partial charge in [-0.2, -0.15) is 5.10 Å². The predicted octanol–water partition coefficient (Wildman–Crippen LogP) is 2.50. The quantitative estimate of drug-likeness (QED) is 0.822. The van der Waals surface area contributed by atoms with Gasteiger partial charge < -0.3 is 19.1 Å². The third kappa shape index (κ3) is 4.54. The molecule has 1 atom stereocenters. The molecule has 7 nitrogen and oxygen atoms in total. The van der Waals surface area contributed by atoms with Crippen LogP contribution in [0.3, 0.4) is 0 Å². The highest BCUT2D eigenvalue weighted by Crippen LogP contribution is 2.21. The van der Waals surface area contributed by atoms with Gasteiger partial charge in [0.15, 0.2) is 5.69 Å². The number of aromatic amines is 1. The highest BCUT2D eigenvalue weighted by Gasteiger charge is 2.25.